The maximum absolute atomic E-state index is 12.5. The number of guanidine groups is 1. The number of likely N-dealkylation sites (N-methyl/N-ethyl adjacent to an activating group) is 1. The number of nitrogens with one attached hydrogen (secondary N) is 2. The first-order valence-corrected chi connectivity index (χ1v) is 10.2. The maximum atomic E-state index is 12.5. The summed E-state index contributed by atoms with van der Waals surface area (Å²) < 4.78 is 0. The number of hydrogen-bond acceptors (Lipinski definition) is 4. The molecule has 0 aliphatic carbocycles. The van der Waals surface area contributed by atoms with Crippen LogP contribution in [0.3, 0.4) is 0 Å². The van der Waals surface area contributed by atoms with Gasteiger partial charge in [0, 0.05) is 44.2 Å². The van der Waals surface area contributed by atoms with E-state index in [1.165, 1.54) is 4.88 Å². The van der Waals surface area contributed by atoms with Crippen LogP contribution in [0.25, 0.3) is 0 Å². The number of carbonyl (C=O) groups is 1. The van der Waals surface area contributed by atoms with Crippen LogP contribution in [0.1, 0.15) is 29.3 Å². The second-order valence-electron chi connectivity index (χ2n) is 6.07. The van der Waals surface area contributed by atoms with Crippen LogP contribution in [0.5, 0.6) is 0 Å². The molecule has 0 bridgehead atoms. The largest absolute Gasteiger partial charge is 0.356 e. The first-order valence-electron chi connectivity index (χ1n) is 9.36. The molecule has 0 fully saturated rings. The Morgan fingerprint density at radius 2 is 2.00 bits per heavy atom. The van der Waals surface area contributed by atoms with Crippen molar-refractivity contribution in [2.24, 2.45) is 4.99 Å². The molecule has 0 unspecified atom stereocenters. The van der Waals surface area contributed by atoms with E-state index in [0.717, 1.165) is 30.0 Å². The standard InChI is InChI=1S/C20H29N5OS/c1-4-17-13-23-18(27-17)11-12-22-20(21-3)24-14-19(26)25(5-2)15-16-9-7-6-8-10-16/h6-10,13H,4-5,11-12,14-15H2,1-3H3,(H2,21,22,24). The highest BCUT2D eigenvalue weighted by molar-refractivity contribution is 7.11. The van der Waals surface area contributed by atoms with Gasteiger partial charge >= 0.3 is 0 Å². The minimum absolute atomic E-state index is 0.0526. The minimum atomic E-state index is 0.0526. The Morgan fingerprint density at radius 1 is 1.22 bits per heavy atom. The molecule has 2 N–H and O–H groups in total. The van der Waals surface area contributed by atoms with Crippen LogP contribution >= 0.6 is 11.3 Å². The highest BCUT2D eigenvalue weighted by Gasteiger charge is 2.12. The second kappa shape index (κ2) is 11.3. The van der Waals surface area contributed by atoms with Crippen molar-refractivity contribution in [2.75, 3.05) is 26.7 Å². The summed E-state index contributed by atoms with van der Waals surface area (Å²) in [6, 6.07) is 10.0. The number of aromatic nitrogens is 1. The van der Waals surface area contributed by atoms with Gasteiger partial charge in [0.05, 0.1) is 11.6 Å². The molecule has 0 saturated carbocycles. The predicted molar refractivity (Wildman–Crippen MR) is 112 cm³/mol. The van der Waals surface area contributed by atoms with Crippen molar-refractivity contribution < 1.29 is 4.79 Å². The number of hydrogen-bond donors (Lipinski definition) is 2. The first-order chi connectivity index (χ1) is 13.2. The molecule has 0 radical (unpaired) electrons. The quantitative estimate of drug-likeness (QED) is 0.512. The summed E-state index contributed by atoms with van der Waals surface area (Å²) in [6.45, 7) is 6.37. The second-order valence-corrected chi connectivity index (χ2v) is 7.27. The molecule has 1 amide bonds. The van der Waals surface area contributed by atoms with E-state index in [-0.39, 0.29) is 12.5 Å². The van der Waals surface area contributed by atoms with Gasteiger partial charge < -0.3 is 15.5 Å². The lowest BCUT2D eigenvalue weighted by Crippen LogP contribution is -2.44. The number of thiazole rings is 1. The molecule has 1 aromatic carbocycles. The topological polar surface area (TPSA) is 69.6 Å². The monoisotopic (exact) mass is 387 g/mol. The van der Waals surface area contributed by atoms with Crippen LogP contribution in [-0.2, 0) is 24.2 Å². The third-order valence-electron chi connectivity index (χ3n) is 4.16. The molecule has 0 aliphatic rings. The van der Waals surface area contributed by atoms with Gasteiger partial charge in [-0.05, 0) is 18.9 Å². The Labute approximate surface area is 165 Å². The van der Waals surface area contributed by atoms with Crippen LogP contribution < -0.4 is 10.6 Å². The predicted octanol–water partition coefficient (Wildman–Crippen LogP) is 2.46. The van der Waals surface area contributed by atoms with Gasteiger partial charge in [0.2, 0.25) is 5.91 Å². The summed E-state index contributed by atoms with van der Waals surface area (Å²) in [5.74, 6) is 0.684. The summed E-state index contributed by atoms with van der Waals surface area (Å²) in [5.41, 5.74) is 1.13. The number of carbonyl (C=O) groups excluding carboxylic acids is 1. The van der Waals surface area contributed by atoms with E-state index in [4.69, 9.17) is 0 Å². The molecular formula is C20H29N5OS. The molecular weight excluding hydrogens is 358 g/mol. The Balaban J connectivity index is 1.75. The van der Waals surface area contributed by atoms with E-state index < -0.39 is 0 Å². The lowest BCUT2D eigenvalue weighted by Gasteiger charge is -2.22. The average Bonchev–Trinajstić information content (AvgIpc) is 3.17. The van der Waals surface area contributed by atoms with Crippen molar-refractivity contribution >= 4 is 23.2 Å². The van der Waals surface area contributed by atoms with E-state index in [2.05, 4.69) is 27.5 Å². The smallest absolute Gasteiger partial charge is 0.242 e. The molecule has 27 heavy (non-hydrogen) atoms. The molecule has 7 heteroatoms. The number of nitrogens with zero attached hydrogens (tertiary/aromatic N) is 3. The summed E-state index contributed by atoms with van der Waals surface area (Å²) in [5, 5.41) is 7.46. The van der Waals surface area contributed by atoms with Gasteiger partial charge in [0.25, 0.3) is 0 Å². The van der Waals surface area contributed by atoms with Gasteiger partial charge in [-0.15, -0.1) is 11.3 Å². The van der Waals surface area contributed by atoms with Crippen LogP contribution in [0.4, 0.5) is 0 Å². The Bertz CT molecular complexity index is 729. The highest BCUT2D eigenvalue weighted by atomic mass is 32.1. The molecule has 146 valence electrons. The normalized spacial score (nSPS) is 11.3. The SMILES string of the molecule is CCc1cnc(CCNC(=NC)NCC(=O)N(CC)Cc2ccccc2)s1. The van der Waals surface area contributed by atoms with Crippen molar-refractivity contribution in [3.8, 4) is 0 Å². The van der Waals surface area contributed by atoms with Crippen LogP contribution in [-0.4, -0.2) is 48.4 Å². The fourth-order valence-electron chi connectivity index (χ4n) is 2.59. The van der Waals surface area contributed by atoms with Gasteiger partial charge in [-0.1, -0.05) is 37.3 Å². The molecule has 6 nitrogen and oxygen atoms in total. The zero-order valence-electron chi connectivity index (χ0n) is 16.4. The van der Waals surface area contributed by atoms with E-state index in [1.54, 1.807) is 18.4 Å². The number of rotatable bonds is 9. The van der Waals surface area contributed by atoms with Crippen LogP contribution in [0.15, 0.2) is 41.5 Å². The van der Waals surface area contributed by atoms with Gasteiger partial charge in [-0.25, -0.2) is 4.98 Å². The number of benzene rings is 1. The summed E-state index contributed by atoms with van der Waals surface area (Å²) in [4.78, 5) is 24.2. The Morgan fingerprint density at radius 3 is 2.63 bits per heavy atom. The third-order valence-corrected chi connectivity index (χ3v) is 5.36. The van der Waals surface area contributed by atoms with Crippen LogP contribution in [0.2, 0.25) is 0 Å². The summed E-state index contributed by atoms with van der Waals surface area (Å²) >= 11 is 1.75. The molecule has 2 rings (SSSR count). The van der Waals surface area contributed by atoms with Crippen molar-refractivity contribution in [3.63, 3.8) is 0 Å². The zero-order chi connectivity index (χ0) is 19.5. The number of aryl methyl sites for hydroxylation is 1. The Kier molecular flexibility index (Phi) is 8.77. The fraction of sp³-hybridized carbons (Fsp3) is 0.450. The fourth-order valence-corrected chi connectivity index (χ4v) is 3.45. The molecule has 2 aromatic rings. The van der Waals surface area contributed by atoms with Crippen molar-refractivity contribution in [1.29, 1.82) is 0 Å². The van der Waals surface area contributed by atoms with Crippen molar-refractivity contribution in [3.05, 3.63) is 52.0 Å². The maximum Gasteiger partial charge on any atom is 0.242 e. The number of amides is 1. The van der Waals surface area contributed by atoms with Crippen molar-refractivity contribution in [1.82, 2.24) is 20.5 Å². The van der Waals surface area contributed by atoms with E-state index in [1.807, 2.05) is 48.4 Å². The molecule has 0 saturated heterocycles. The molecule has 1 heterocycles. The van der Waals surface area contributed by atoms with E-state index in [9.17, 15) is 4.79 Å². The molecule has 0 aliphatic heterocycles. The molecule has 1 aromatic heterocycles. The zero-order valence-corrected chi connectivity index (χ0v) is 17.2. The lowest BCUT2D eigenvalue weighted by atomic mass is 10.2. The van der Waals surface area contributed by atoms with Gasteiger partial charge in [-0.3, -0.25) is 9.79 Å². The highest BCUT2D eigenvalue weighted by Crippen LogP contribution is 2.13. The van der Waals surface area contributed by atoms with Gasteiger partial charge in [-0.2, -0.15) is 0 Å². The number of aliphatic imine (C=N–C) groups is 1. The Hall–Kier alpha value is -2.41. The molecule has 0 atom stereocenters. The third kappa shape index (κ3) is 7.02. The minimum Gasteiger partial charge on any atom is -0.356 e. The lowest BCUT2D eigenvalue weighted by molar-refractivity contribution is -0.130. The summed E-state index contributed by atoms with van der Waals surface area (Å²) in [6.07, 6.45) is 3.81. The van der Waals surface area contributed by atoms with Gasteiger partial charge in [0.15, 0.2) is 5.96 Å². The van der Waals surface area contributed by atoms with E-state index >= 15 is 0 Å². The average molecular weight is 388 g/mol. The van der Waals surface area contributed by atoms with Gasteiger partial charge in [0.1, 0.15) is 0 Å². The van der Waals surface area contributed by atoms with Crippen molar-refractivity contribution in [2.45, 2.75) is 33.2 Å². The summed E-state index contributed by atoms with van der Waals surface area (Å²) in [7, 11) is 1.71. The van der Waals surface area contributed by atoms with Crippen LogP contribution in [0, 0.1) is 0 Å². The van der Waals surface area contributed by atoms with E-state index in [0.29, 0.717) is 19.0 Å². The first kappa shape index (κ1) is 20.9. The molecule has 0 spiro atoms.